The van der Waals surface area contributed by atoms with Gasteiger partial charge in [0.25, 0.3) is 5.91 Å². The van der Waals surface area contributed by atoms with Gasteiger partial charge in [-0.05, 0) is 24.6 Å². The smallest absolute Gasteiger partial charge is 0.258 e. The number of aryl methyl sites for hydroxylation is 2. The predicted octanol–water partition coefficient (Wildman–Crippen LogP) is 1.25. The zero-order chi connectivity index (χ0) is 17.1. The van der Waals surface area contributed by atoms with E-state index in [1.165, 1.54) is 7.11 Å². The Morgan fingerprint density at radius 1 is 1.38 bits per heavy atom. The first-order chi connectivity index (χ1) is 11.6. The third-order valence-electron chi connectivity index (χ3n) is 3.62. The van der Waals surface area contributed by atoms with Crippen molar-refractivity contribution < 1.29 is 9.53 Å². The maximum absolute atomic E-state index is 12.5. The first-order valence-electron chi connectivity index (χ1n) is 7.39. The fourth-order valence-electron chi connectivity index (χ4n) is 2.51. The van der Waals surface area contributed by atoms with Gasteiger partial charge in [-0.3, -0.25) is 9.36 Å². The minimum atomic E-state index is -0.224. The summed E-state index contributed by atoms with van der Waals surface area (Å²) in [5.41, 5.74) is 2.01. The van der Waals surface area contributed by atoms with Gasteiger partial charge in [0.05, 0.1) is 12.8 Å². The molecule has 3 heterocycles. The van der Waals surface area contributed by atoms with Crippen LogP contribution in [0.1, 0.15) is 21.6 Å². The molecule has 3 aromatic rings. The second-order valence-corrected chi connectivity index (χ2v) is 5.27. The molecular weight excluding hydrogens is 308 g/mol. The molecule has 0 bridgehead atoms. The molecule has 0 aliphatic heterocycles. The molecule has 0 unspecified atom stereocenters. The quantitative estimate of drug-likeness (QED) is 0.762. The lowest BCUT2D eigenvalue weighted by Gasteiger charge is -2.08. The number of imidazole rings is 1. The van der Waals surface area contributed by atoms with Gasteiger partial charge in [-0.15, -0.1) is 0 Å². The topological polar surface area (TPSA) is 86.9 Å². The fourth-order valence-corrected chi connectivity index (χ4v) is 2.51. The molecule has 0 atom stereocenters. The van der Waals surface area contributed by atoms with Crippen molar-refractivity contribution in [3.8, 4) is 11.7 Å². The Hall–Kier alpha value is -3.16. The average Bonchev–Trinajstić information content (AvgIpc) is 3.20. The van der Waals surface area contributed by atoms with Crippen LogP contribution in [-0.4, -0.2) is 37.3 Å². The van der Waals surface area contributed by atoms with Gasteiger partial charge in [-0.2, -0.15) is 5.10 Å². The number of rotatable bonds is 5. The zero-order valence-corrected chi connectivity index (χ0v) is 13.7. The van der Waals surface area contributed by atoms with Crippen LogP contribution in [0.3, 0.4) is 0 Å². The molecule has 0 aliphatic rings. The van der Waals surface area contributed by atoms with Crippen LogP contribution in [0.25, 0.3) is 5.82 Å². The van der Waals surface area contributed by atoms with Crippen LogP contribution in [0.4, 0.5) is 0 Å². The SMILES string of the molecule is COc1c(C(=O)NCc2ccnc(-n3ccnc3)c2)c(C)nn1C. The molecule has 1 amide bonds. The number of methoxy groups -OCH3 is 1. The minimum absolute atomic E-state index is 0.224. The summed E-state index contributed by atoms with van der Waals surface area (Å²) in [6, 6.07) is 3.75. The lowest BCUT2D eigenvalue weighted by Crippen LogP contribution is -2.24. The third-order valence-corrected chi connectivity index (χ3v) is 3.62. The van der Waals surface area contributed by atoms with Crippen molar-refractivity contribution in [2.24, 2.45) is 7.05 Å². The van der Waals surface area contributed by atoms with Crippen molar-refractivity contribution in [1.29, 1.82) is 0 Å². The van der Waals surface area contributed by atoms with Gasteiger partial charge in [0.2, 0.25) is 5.88 Å². The van der Waals surface area contributed by atoms with Gasteiger partial charge in [0, 0.05) is 32.2 Å². The van der Waals surface area contributed by atoms with Crippen LogP contribution in [0, 0.1) is 6.92 Å². The van der Waals surface area contributed by atoms with Crippen LogP contribution in [0.5, 0.6) is 5.88 Å². The molecule has 0 spiro atoms. The summed E-state index contributed by atoms with van der Waals surface area (Å²) in [6.07, 6.45) is 6.88. The van der Waals surface area contributed by atoms with E-state index in [9.17, 15) is 4.79 Å². The van der Waals surface area contributed by atoms with E-state index in [1.54, 1.807) is 41.9 Å². The van der Waals surface area contributed by atoms with Gasteiger partial charge < -0.3 is 10.1 Å². The van der Waals surface area contributed by atoms with Crippen molar-refractivity contribution in [3.05, 3.63) is 53.9 Å². The van der Waals surface area contributed by atoms with E-state index in [-0.39, 0.29) is 5.91 Å². The Bertz CT molecular complexity index is 854. The molecule has 124 valence electrons. The van der Waals surface area contributed by atoms with Crippen molar-refractivity contribution in [2.45, 2.75) is 13.5 Å². The molecule has 0 saturated heterocycles. The van der Waals surface area contributed by atoms with E-state index in [2.05, 4.69) is 20.4 Å². The predicted molar refractivity (Wildman–Crippen MR) is 87.0 cm³/mol. The van der Waals surface area contributed by atoms with Gasteiger partial charge in [-0.25, -0.2) is 14.6 Å². The Labute approximate surface area is 139 Å². The van der Waals surface area contributed by atoms with E-state index in [0.717, 1.165) is 11.4 Å². The average molecular weight is 326 g/mol. The Morgan fingerprint density at radius 2 is 2.21 bits per heavy atom. The van der Waals surface area contributed by atoms with Crippen molar-refractivity contribution in [1.82, 2.24) is 29.6 Å². The number of hydrogen-bond acceptors (Lipinski definition) is 5. The lowest BCUT2D eigenvalue weighted by molar-refractivity contribution is 0.0947. The van der Waals surface area contributed by atoms with Crippen LogP contribution >= 0.6 is 0 Å². The molecule has 0 aliphatic carbocycles. The summed E-state index contributed by atoms with van der Waals surface area (Å²) < 4.78 is 8.61. The van der Waals surface area contributed by atoms with Gasteiger partial charge in [-0.1, -0.05) is 0 Å². The molecule has 0 radical (unpaired) electrons. The zero-order valence-electron chi connectivity index (χ0n) is 13.7. The summed E-state index contributed by atoms with van der Waals surface area (Å²) in [6.45, 7) is 2.15. The van der Waals surface area contributed by atoms with Crippen molar-refractivity contribution >= 4 is 5.91 Å². The van der Waals surface area contributed by atoms with Crippen LogP contribution in [0.2, 0.25) is 0 Å². The van der Waals surface area contributed by atoms with E-state index < -0.39 is 0 Å². The van der Waals surface area contributed by atoms with E-state index >= 15 is 0 Å². The van der Waals surface area contributed by atoms with Gasteiger partial charge in [0.1, 0.15) is 17.7 Å². The Morgan fingerprint density at radius 3 is 2.92 bits per heavy atom. The fraction of sp³-hybridized carbons (Fsp3) is 0.250. The normalized spacial score (nSPS) is 10.6. The highest BCUT2D eigenvalue weighted by Crippen LogP contribution is 2.20. The number of pyridine rings is 1. The number of carbonyl (C=O) groups is 1. The van der Waals surface area contributed by atoms with Crippen LogP contribution in [-0.2, 0) is 13.6 Å². The second-order valence-electron chi connectivity index (χ2n) is 5.27. The largest absolute Gasteiger partial charge is 0.481 e. The highest BCUT2D eigenvalue weighted by atomic mass is 16.5. The Kier molecular flexibility index (Phi) is 4.28. The summed E-state index contributed by atoms with van der Waals surface area (Å²) in [4.78, 5) is 20.8. The van der Waals surface area contributed by atoms with E-state index in [0.29, 0.717) is 23.7 Å². The highest BCUT2D eigenvalue weighted by Gasteiger charge is 2.20. The molecule has 24 heavy (non-hydrogen) atoms. The molecule has 1 N–H and O–H groups in total. The van der Waals surface area contributed by atoms with E-state index in [4.69, 9.17) is 4.74 Å². The molecule has 3 aromatic heterocycles. The lowest BCUT2D eigenvalue weighted by atomic mass is 10.2. The first-order valence-corrected chi connectivity index (χ1v) is 7.39. The summed E-state index contributed by atoms with van der Waals surface area (Å²) in [5.74, 6) is 0.965. The number of hydrogen-bond donors (Lipinski definition) is 1. The maximum Gasteiger partial charge on any atom is 0.258 e. The standard InChI is InChI=1S/C16H18N6O2/c1-11-14(16(24-3)21(2)20-11)15(23)19-9-12-4-5-18-13(8-12)22-7-6-17-10-22/h4-8,10H,9H2,1-3H3,(H,19,23). The summed E-state index contributed by atoms with van der Waals surface area (Å²) in [5, 5.41) is 7.11. The van der Waals surface area contributed by atoms with Crippen LogP contribution < -0.4 is 10.1 Å². The highest BCUT2D eigenvalue weighted by molar-refractivity contribution is 5.97. The molecule has 3 rings (SSSR count). The number of nitrogens with one attached hydrogen (secondary N) is 1. The Balaban J connectivity index is 1.75. The third kappa shape index (κ3) is 2.98. The van der Waals surface area contributed by atoms with Crippen molar-refractivity contribution in [3.63, 3.8) is 0 Å². The molecule has 0 saturated carbocycles. The molecule has 8 nitrogen and oxygen atoms in total. The van der Waals surface area contributed by atoms with E-state index in [1.807, 2.05) is 18.3 Å². The number of nitrogens with zero attached hydrogens (tertiary/aromatic N) is 5. The van der Waals surface area contributed by atoms with Gasteiger partial charge in [0.15, 0.2) is 0 Å². The minimum Gasteiger partial charge on any atom is -0.481 e. The summed E-state index contributed by atoms with van der Waals surface area (Å²) in [7, 11) is 3.26. The molecule has 0 aromatic carbocycles. The number of carbonyl (C=O) groups excluding carboxylic acids is 1. The van der Waals surface area contributed by atoms with Gasteiger partial charge >= 0.3 is 0 Å². The molecule has 0 fully saturated rings. The maximum atomic E-state index is 12.5. The van der Waals surface area contributed by atoms with Crippen LogP contribution in [0.15, 0.2) is 37.1 Å². The molecule has 8 heteroatoms. The number of aromatic nitrogens is 5. The first kappa shape index (κ1) is 15.7. The second kappa shape index (κ2) is 6.53. The molecular formula is C16H18N6O2. The summed E-state index contributed by atoms with van der Waals surface area (Å²) >= 11 is 0. The van der Waals surface area contributed by atoms with Crippen molar-refractivity contribution in [2.75, 3.05) is 7.11 Å². The number of amides is 1. The monoisotopic (exact) mass is 326 g/mol. The number of ether oxygens (including phenoxy) is 1.